The molecule has 0 atom stereocenters. The lowest BCUT2D eigenvalue weighted by Gasteiger charge is -1.96. The van der Waals surface area contributed by atoms with Crippen molar-refractivity contribution < 1.29 is 4.42 Å². The second kappa shape index (κ2) is 6.90. The van der Waals surface area contributed by atoms with Crippen LogP contribution in [-0.2, 0) is 6.42 Å². The number of hydrogen-bond donors (Lipinski definition) is 0. The van der Waals surface area contributed by atoms with Crippen molar-refractivity contribution in [1.29, 1.82) is 0 Å². The van der Waals surface area contributed by atoms with Gasteiger partial charge in [0.05, 0.1) is 6.42 Å². The molecule has 5 heteroatoms. The zero-order valence-corrected chi connectivity index (χ0v) is 13.9. The lowest BCUT2D eigenvalue weighted by molar-refractivity contribution is 0.496. The highest BCUT2D eigenvalue weighted by Gasteiger charge is 2.04. The smallest absolute Gasteiger partial charge is 0.240 e. The number of aromatic nitrogens is 2. The first-order valence-corrected chi connectivity index (χ1v) is 7.86. The van der Waals surface area contributed by atoms with Crippen molar-refractivity contribution in [3.63, 3.8) is 0 Å². The highest BCUT2D eigenvalue weighted by atomic mass is 79.9. The summed E-state index contributed by atoms with van der Waals surface area (Å²) < 4.78 is 6.67. The van der Waals surface area contributed by atoms with E-state index in [1.54, 1.807) is 6.08 Å². The van der Waals surface area contributed by atoms with Crippen LogP contribution in [0.15, 0.2) is 57.4 Å². The largest absolute Gasteiger partial charge is 0.421 e. The van der Waals surface area contributed by atoms with Crippen LogP contribution in [0.25, 0.3) is 12.2 Å². The zero-order chi connectivity index (χ0) is 15.4. The predicted octanol–water partition coefficient (Wildman–Crippen LogP) is 5.25. The van der Waals surface area contributed by atoms with Crippen LogP contribution in [-0.4, -0.2) is 10.2 Å². The van der Waals surface area contributed by atoms with E-state index in [1.165, 1.54) is 0 Å². The summed E-state index contributed by atoms with van der Waals surface area (Å²) in [6, 6.07) is 15.6. The summed E-state index contributed by atoms with van der Waals surface area (Å²) >= 11 is 9.26. The predicted molar refractivity (Wildman–Crippen MR) is 91.6 cm³/mol. The summed E-state index contributed by atoms with van der Waals surface area (Å²) in [7, 11) is 0. The molecule has 1 aromatic heterocycles. The van der Waals surface area contributed by atoms with E-state index in [9.17, 15) is 0 Å². The minimum Gasteiger partial charge on any atom is -0.421 e. The molecule has 3 nitrogen and oxygen atoms in total. The Hall–Kier alpha value is -1.91. The molecule has 2 aromatic carbocycles. The summed E-state index contributed by atoms with van der Waals surface area (Å²) in [5.41, 5.74) is 2.15. The molecule has 0 N–H and O–H groups in total. The standard InChI is InChI=1S/C17H12BrClN2O/c18-14-6-1-13(2-7-14)11-17-21-20-16(22-17)10-5-12-3-8-15(19)9-4-12/h1-10H,11H2. The lowest BCUT2D eigenvalue weighted by atomic mass is 10.1. The highest BCUT2D eigenvalue weighted by molar-refractivity contribution is 9.10. The van der Waals surface area contributed by atoms with Crippen LogP contribution < -0.4 is 0 Å². The van der Waals surface area contributed by atoms with E-state index >= 15 is 0 Å². The van der Waals surface area contributed by atoms with Gasteiger partial charge < -0.3 is 4.42 Å². The van der Waals surface area contributed by atoms with Crippen LogP contribution in [0.2, 0.25) is 5.02 Å². The molecule has 3 rings (SSSR count). The summed E-state index contributed by atoms with van der Waals surface area (Å²) in [6.45, 7) is 0. The fourth-order valence-corrected chi connectivity index (χ4v) is 2.31. The Kier molecular flexibility index (Phi) is 4.71. The van der Waals surface area contributed by atoms with Crippen molar-refractivity contribution in [3.8, 4) is 0 Å². The normalized spacial score (nSPS) is 11.2. The molecule has 0 radical (unpaired) electrons. The third kappa shape index (κ3) is 4.06. The van der Waals surface area contributed by atoms with Crippen LogP contribution in [0.4, 0.5) is 0 Å². The number of hydrogen-bond acceptors (Lipinski definition) is 3. The average molecular weight is 376 g/mol. The first-order chi connectivity index (χ1) is 10.7. The van der Waals surface area contributed by atoms with Crippen molar-refractivity contribution in [1.82, 2.24) is 10.2 Å². The van der Waals surface area contributed by atoms with Crippen molar-refractivity contribution in [3.05, 3.63) is 80.9 Å². The summed E-state index contributed by atoms with van der Waals surface area (Å²) in [6.07, 6.45) is 4.32. The van der Waals surface area contributed by atoms with E-state index < -0.39 is 0 Å². The maximum Gasteiger partial charge on any atom is 0.240 e. The minimum atomic E-state index is 0.488. The molecular formula is C17H12BrClN2O. The second-order valence-electron chi connectivity index (χ2n) is 4.72. The molecule has 0 amide bonds. The third-order valence-corrected chi connectivity index (χ3v) is 3.82. The Labute approximate surface area is 141 Å². The van der Waals surface area contributed by atoms with Gasteiger partial charge in [0.15, 0.2) is 0 Å². The van der Waals surface area contributed by atoms with Crippen molar-refractivity contribution in [2.24, 2.45) is 0 Å². The van der Waals surface area contributed by atoms with Crippen molar-refractivity contribution in [2.45, 2.75) is 6.42 Å². The Morgan fingerprint density at radius 1 is 0.955 bits per heavy atom. The Morgan fingerprint density at radius 2 is 1.68 bits per heavy atom. The van der Waals surface area contributed by atoms with Gasteiger partial charge in [0.25, 0.3) is 0 Å². The highest BCUT2D eigenvalue weighted by Crippen LogP contribution is 2.15. The topological polar surface area (TPSA) is 38.9 Å². The average Bonchev–Trinajstić information content (AvgIpc) is 2.97. The van der Waals surface area contributed by atoms with E-state index in [1.807, 2.05) is 54.6 Å². The number of nitrogens with zero attached hydrogens (tertiary/aromatic N) is 2. The molecule has 0 saturated carbocycles. The van der Waals surface area contributed by atoms with Crippen LogP contribution in [0.1, 0.15) is 22.9 Å². The van der Waals surface area contributed by atoms with Gasteiger partial charge in [-0.05, 0) is 41.5 Å². The van der Waals surface area contributed by atoms with E-state index in [-0.39, 0.29) is 0 Å². The van der Waals surface area contributed by atoms with Crippen LogP contribution >= 0.6 is 27.5 Å². The Bertz CT molecular complexity index is 779. The van der Waals surface area contributed by atoms with Gasteiger partial charge >= 0.3 is 0 Å². The fourth-order valence-electron chi connectivity index (χ4n) is 1.92. The molecule has 0 spiro atoms. The molecule has 0 saturated heterocycles. The van der Waals surface area contributed by atoms with Gasteiger partial charge in [0, 0.05) is 15.6 Å². The van der Waals surface area contributed by atoms with Gasteiger partial charge in [-0.1, -0.05) is 51.8 Å². The number of benzene rings is 2. The summed E-state index contributed by atoms with van der Waals surface area (Å²) in [5, 5.41) is 8.80. The molecule has 0 fully saturated rings. The first kappa shape index (κ1) is 15.0. The minimum absolute atomic E-state index is 0.488. The molecule has 0 aliphatic carbocycles. The molecule has 110 valence electrons. The SMILES string of the molecule is Clc1ccc(C=Cc2nnc(Cc3ccc(Br)cc3)o2)cc1. The van der Waals surface area contributed by atoms with Gasteiger partial charge in [0.1, 0.15) is 0 Å². The molecular weight excluding hydrogens is 364 g/mol. The Balaban J connectivity index is 1.68. The van der Waals surface area contributed by atoms with Gasteiger partial charge in [-0.2, -0.15) is 0 Å². The molecule has 3 aromatic rings. The van der Waals surface area contributed by atoms with Crippen LogP contribution in [0.5, 0.6) is 0 Å². The molecule has 1 heterocycles. The Morgan fingerprint density at radius 3 is 2.41 bits per heavy atom. The van der Waals surface area contributed by atoms with Gasteiger partial charge in [-0.3, -0.25) is 0 Å². The first-order valence-electron chi connectivity index (χ1n) is 6.69. The molecule has 0 bridgehead atoms. The van der Waals surface area contributed by atoms with E-state index in [0.717, 1.165) is 15.6 Å². The molecule has 22 heavy (non-hydrogen) atoms. The van der Waals surface area contributed by atoms with Crippen LogP contribution in [0, 0.1) is 0 Å². The van der Waals surface area contributed by atoms with E-state index in [0.29, 0.717) is 23.2 Å². The summed E-state index contributed by atoms with van der Waals surface area (Å²) in [4.78, 5) is 0. The van der Waals surface area contributed by atoms with Gasteiger partial charge in [0.2, 0.25) is 11.8 Å². The van der Waals surface area contributed by atoms with Gasteiger partial charge in [-0.25, -0.2) is 0 Å². The number of halogens is 2. The lowest BCUT2D eigenvalue weighted by Crippen LogP contribution is -1.87. The van der Waals surface area contributed by atoms with E-state index in [2.05, 4.69) is 26.1 Å². The summed E-state index contributed by atoms with van der Waals surface area (Å²) in [5.74, 6) is 1.08. The molecule has 0 unspecified atom stereocenters. The van der Waals surface area contributed by atoms with E-state index in [4.69, 9.17) is 16.0 Å². The maximum atomic E-state index is 5.85. The maximum absolute atomic E-state index is 5.85. The van der Waals surface area contributed by atoms with Crippen LogP contribution in [0.3, 0.4) is 0 Å². The monoisotopic (exact) mass is 374 g/mol. The number of rotatable bonds is 4. The quantitative estimate of drug-likeness (QED) is 0.625. The van der Waals surface area contributed by atoms with Crippen molar-refractivity contribution >= 4 is 39.7 Å². The third-order valence-electron chi connectivity index (χ3n) is 3.04. The van der Waals surface area contributed by atoms with Gasteiger partial charge in [-0.15, -0.1) is 10.2 Å². The molecule has 0 aliphatic heterocycles. The second-order valence-corrected chi connectivity index (χ2v) is 6.07. The molecule has 0 aliphatic rings. The fraction of sp³-hybridized carbons (Fsp3) is 0.0588. The van der Waals surface area contributed by atoms with Crippen molar-refractivity contribution in [2.75, 3.05) is 0 Å². The zero-order valence-electron chi connectivity index (χ0n) is 11.5.